The van der Waals surface area contributed by atoms with Gasteiger partial charge in [-0.2, -0.15) is 4.98 Å². The van der Waals surface area contributed by atoms with Crippen LogP contribution >= 0.6 is 0 Å². The topological polar surface area (TPSA) is 72.0 Å². The second-order valence-electron chi connectivity index (χ2n) is 4.93. The molecule has 0 aliphatic rings. The maximum Gasteiger partial charge on any atom is 0.224 e. The summed E-state index contributed by atoms with van der Waals surface area (Å²) in [5.74, 6) is 0.735. The summed E-state index contributed by atoms with van der Waals surface area (Å²) in [6, 6.07) is 10.1. The molecule has 2 heterocycles. The first-order valence-corrected chi connectivity index (χ1v) is 7.27. The van der Waals surface area contributed by atoms with Gasteiger partial charge in [-0.1, -0.05) is 0 Å². The van der Waals surface area contributed by atoms with Gasteiger partial charge in [0.25, 0.3) is 0 Å². The van der Waals surface area contributed by atoms with E-state index >= 15 is 0 Å². The molecule has 0 radical (unpaired) electrons. The van der Waals surface area contributed by atoms with Crippen LogP contribution in [0.25, 0.3) is 11.3 Å². The van der Waals surface area contributed by atoms with Gasteiger partial charge < -0.3 is 15.4 Å². The van der Waals surface area contributed by atoms with E-state index in [4.69, 9.17) is 4.74 Å². The highest BCUT2D eigenvalue weighted by Crippen LogP contribution is 2.25. The Morgan fingerprint density at radius 2 is 2.00 bits per heavy atom. The largest absolute Gasteiger partial charge is 0.494 e. The Morgan fingerprint density at radius 3 is 2.67 bits per heavy atom. The van der Waals surface area contributed by atoms with Crippen LogP contribution in [0.1, 0.15) is 0 Å². The molecule has 2 N–H and O–H groups in total. The third-order valence-corrected chi connectivity index (χ3v) is 3.33. The fourth-order valence-electron chi connectivity index (χ4n) is 2.18. The van der Waals surface area contributed by atoms with Crippen LogP contribution in [0.2, 0.25) is 0 Å². The van der Waals surface area contributed by atoms with E-state index in [2.05, 4.69) is 25.6 Å². The monoisotopic (exact) mass is 325 g/mol. The number of methoxy groups -OCH3 is 1. The standard InChI is InChI=1S/C17H16FN5O/c1-19-17-22-14(11-4-3-7-20-10-11)9-16(23-17)21-12-5-6-15(24-2)13(18)8-12/h3-10H,1-2H3,(H2,19,21,22,23). The first-order chi connectivity index (χ1) is 11.7. The van der Waals surface area contributed by atoms with Gasteiger partial charge in [0.1, 0.15) is 5.82 Å². The Hall–Kier alpha value is -3.22. The molecular formula is C17H16FN5O. The molecule has 0 aliphatic carbocycles. The van der Waals surface area contributed by atoms with Crippen LogP contribution in [-0.2, 0) is 0 Å². The number of nitrogens with one attached hydrogen (secondary N) is 2. The van der Waals surface area contributed by atoms with Gasteiger partial charge in [0.15, 0.2) is 11.6 Å². The normalized spacial score (nSPS) is 10.3. The van der Waals surface area contributed by atoms with E-state index in [1.165, 1.54) is 13.2 Å². The summed E-state index contributed by atoms with van der Waals surface area (Å²) in [7, 11) is 3.16. The van der Waals surface area contributed by atoms with Crippen LogP contribution in [0.5, 0.6) is 5.75 Å². The summed E-state index contributed by atoms with van der Waals surface area (Å²) in [6.07, 6.45) is 3.42. The van der Waals surface area contributed by atoms with Crippen molar-refractivity contribution in [1.82, 2.24) is 15.0 Å². The number of benzene rings is 1. The van der Waals surface area contributed by atoms with Crippen molar-refractivity contribution in [1.29, 1.82) is 0 Å². The molecule has 0 amide bonds. The molecule has 0 atom stereocenters. The van der Waals surface area contributed by atoms with Gasteiger partial charge in [-0.25, -0.2) is 9.37 Å². The van der Waals surface area contributed by atoms with Crippen molar-refractivity contribution >= 4 is 17.5 Å². The number of halogens is 1. The highest BCUT2D eigenvalue weighted by Gasteiger charge is 2.08. The van der Waals surface area contributed by atoms with Crippen LogP contribution in [-0.4, -0.2) is 29.1 Å². The minimum Gasteiger partial charge on any atom is -0.494 e. The number of hydrogen-bond donors (Lipinski definition) is 2. The Balaban J connectivity index is 1.94. The van der Waals surface area contributed by atoms with Crippen molar-refractivity contribution in [3.8, 4) is 17.0 Å². The summed E-state index contributed by atoms with van der Waals surface area (Å²) in [4.78, 5) is 12.8. The Kier molecular flexibility index (Phi) is 4.51. The smallest absolute Gasteiger partial charge is 0.224 e. The van der Waals surface area contributed by atoms with Crippen molar-refractivity contribution in [3.63, 3.8) is 0 Å². The molecule has 0 bridgehead atoms. The molecular weight excluding hydrogens is 309 g/mol. The zero-order valence-corrected chi connectivity index (χ0v) is 13.2. The molecule has 2 aromatic heterocycles. The Morgan fingerprint density at radius 1 is 1.12 bits per heavy atom. The van der Waals surface area contributed by atoms with Crippen molar-refractivity contribution in [2.24, 2.45) is 0 Å². The second kappa shape index (κ2) is 6.91. The van der Waals surface area contributed by atoms with Gasteiger partial charge in [0.05, 0.1) is 12.8 Å². The minimum absolute atomic E-state index is 0.190. The molecule has 7 heteroatoms. The van der Waals surface area contributed by atoms with Crippen LogP contribution in [0.4, 0.5) is 21.8 Å². The summed E-state index contributed by atoms with van der Waals surface area (Å²) in [5.41, 5.74) is 2.13. The van der Waals surface area contributed by atoms with Crippen LogP contribution < -0.4 is 15.4 Å². The van der Waals surface area contributed by atoms with Crippen LogP contribution in [0.15, 0.2) is 48.8 Å². The van der Waals surface area contributed by atoms with E-state index in [9.17, 15) is 4.39 Å². The summed E-state index contributed by atoms with van der Waals surface area (Å²) in [6.45, 7) is 0. The zero-order valence-electron chi connectivity index (χ0n) is 13.2. The molecule has 6 nitrogen and oxygen atoms in total. The maximum atomic E-state index is 13.8. The third-order valence-electron chi connectivity index (χ3n) is 3.33. The quantitative estimate of drug-likeness (QED) is 0.748. The van der Waals surface area contributed by atoms with Crippen molar-refractivity contribution in [2.75, 3.05) is 24.8 Å². The minimum atomic E-state index is -0.446. The van der Waals surface area contributed by atoms with E-state index in [-0.39, 0.29) is 5.75 Å². The van der Waals surface area contributed by atoms with Crippen LogP contribution in [0, 0.1) is 5.82 Å². The molecule has 3 aromatic rings. The second-order valence-corrected chi connectivity index (χ2v) is 4.93. The van der Waals surface area contributed by atoms with Gasteiger partial charge in [0.2, 0.25) is 5.95 Å². The molecule has 122 valence electrons. The van der Waals surface area contributed by atoms with Gasteiger partial charge >= 0.3 is 0 Å². The van der Waals surface area contributed by atoms with E-state index in [1.807, 2.05) is 12.1 Å². The lowest BCUT2D eigenvalue weighted by atomic mass is 10.2. The van der Waals surface area contributed by atoms with Crippen molar-refractivity contribution < 1.29 is 9.13 Å². The Bertz CT molecular complexity index is 842. The summed E-state index contributed by atoms with van der Waals surface area (Å²) >= 11 is 0. The van der Waals surface area contributed by atoms with Gasteiger partial charge in [-0.05, 0) is 24.3 Å². The number of aromatic nitrogens is 3. The fraction of sp³-hybridized carbons (Fsp3) is 0.118. The highest BCUT2D eigenvalue weighted by atomic mass is 19.1. The van der Waals surface area contributed by atoms with Gasteiger partial charge in [0, 0.05) is 42.8 Å². The van der Waals surface area contributed by atoms with E-state index < -0.39 is 5.82 Å². The molecule has 0 spiro atoms. The van der Waals surface area contributed by atoms with Gasteiger partial charge in [-0.3, -0.25) is 4.98 Å². The number of ether oxygens (including phenoxy) is 1. The van der Waals surface area contributed by atoms with E-state index in [0.717, 1.165) is 5.56 Å². The fourth-order valence-corrected chi connectivity index (χ4v) is 2.18. The summed E-state index contributed by atoms with van der Waals surface area (Å²) < 4.78 is 18.7. The maximum absolute atomic E-state index is 13.8. The molecule has 24 heavy (non-hydrogen) atoms. The van der Waals surface area contributed by atoms with Crippen molar-refractivity contribution in [2.45, 2.75) is 0 Å². The summed E-state index contributed by atoms with van der Waals surface area (Å²) in [5, 5.41) is 5.99. The zero-order chi connectivity index (χ0) is 16.9. The molecule has 0 fully saturated rings. The number of rotatable bonds is 5. The number of pyridine rings is 1. The number of nitrogens with zero attached hydrogens (tertiary/aromatic N) is 3. The third kappa shape index (κ3) is 3.40. The molecule has 0 saturated carbocycles. The van der Waals surface area contributed by atoms with Gasteiger partial charge in [-0.15, -0.1) is 0 Å². The van der Waals surface area contributed by atoms with E-state index in [0.29, 0.717) is 23.1 Å². The first-order valence-electron chi connectivity index (χ1n) is 7.27. The lowest BCUT2D eigenvalue weighted by Gasteiger charge is -2.11. The first kappa shape index (κ1) is 15.7. The molecule has 1 aromatic carbocycles. The average molecular weight is 325 g/mol. The predicted octanol–water partition coefficient (Wildman–Crippen LogP) is 3.47. The lowest BCUT2D eigenvalue weighted by molar-refractivity contribution is 0.386. The Labute approximate surface area is 138 Å². The molecule has 0 aliphatic heterocycles. The average Bonchev–Trinajstić information content (AvgIpc) is 2.62. The van der Waals surface area contributed by atoms with Crippen LogP contribution in [0.3, 0.4) is 0 Å². The number of anilines is 3. The molecule has 0 unspecified atom stereocenters. The SMILES string of the molecule is CNc1nc(Nc2ccc(OC)c(F)c2)cc(-c2cccnc2)n1. The predicted molar refractivity (Wildman–Crippen MR) is 91.0 cm³/mol. The molecule has 3 rings (SSSR count). The highest BCUT2D eigenvalue weighted by molar-refractivity contribution is 5.67. The number of hydrogen-bond acceptors (Lipinski definition) is 6. The lowest BCUT2D eigenvalue weighted by Crippen LogP contribution is -2.02. The van der Waals surface area contributed by atoms with Crippen molar-refractivity contribution in [3.05, 3.63) is 54.6 Å². The van der Waals surface area contributed by atoms with E-state index in [1.54, 1.807) is 37.6 Å². The molecule has 0 saturated heterocycles.